The molecule has 1 rings (SSSR count). The second-order valence-electron chi connectivity index (χ2n) is 6.13. The molecular formula is C14H26N4. The standard InChI is InChI=1S/C14H26N4/c1-7-14(6,10-16-13(3,4)5)9-12-15-11-17-18(12)8-2/h7,11,16H,1,8-10H2,2-6H3. The first kappa shape index (κ1) is 14.9. The van der Waals surface area contributed by atoms with Crippen molar-refractivity contribution >= 4 is 0 Å². The van der Waals surface area contributed by atoms with Gasteiger partial charge in [0, 0.05) is 30.5 Å². The average molecular weight is 250 g/mol. The molecule has 1 N–H and O–H groups in total. The Morgan fingerprint density at radius 1 is 1.39 bits per heavy atom. The minimum atomic E-state index is -0.00671. The normalized spacial score (nSPS) is 15.4. The van der Waals surface area contributed by atoms with Crippen molar-refractivity contribution in [2.45, 2.75) is 53.1 Å². The van der Waals surface area contributed by atoms with E-state index in [-0.39, 0.29) is 11.0 Å². The summed E-state index contributed by atoms with van der Waals surface area (Å²) in [7, 11) is 0. The molecule has 0 saturated carbocycles. The highest BCUT2D eigenvalue weighted by molar-refractivity contribution is 5.02. The predicted molar refractivity (Wildman–Crippen MR) is 75.5 cm³/mol. The van der Waals surface area contributed by atoms with E-state index in [0.29, 0.717) is 0 Å². The van der Waals surface area contributed by atoms with Gasteiger partial charge < -0.3 is 5.32 Å². The summed E-state index contributed by atoms with van der Waals surface area (Å²) in [6.07, 6.45) is 4.49. The van der Waals surface area contributed by atoms with Gasteiger partial charge in [0.2, 0.25) is 0 Å². The molecule has 1 heterocycles. The maximum atomic E-state index is 4.34. The van der Waals surface area contributed by atoms with E-state index < -0.39 is 0 Å². The van der Waals surface area contributed by atoms with Gasteiger partial charge in [-0.1, -0.05) is 13.0 Å². The van der Waals surface area contributed by atoms with Crippen molar-refractivity contribution in [3.8, 4) is 0 Å². The molecular weight excluding hydrogens is 224 g/mol. The van der Waals surface area contributed by atoms with Gasteiger partial charge in [-0.3, -0.25) is 4.68 Å². The topological polar surface area (TPSA) is 42.7 Å². The highest BCUT2D eigenvalue weighted by Crippen LogP contribution is 2.23. The smallest absolute Gasteiger partial charge is 0.138 e. The van der Waals surface area contributed by atoms with Crippen LogP contribution in [0.3, 0.4) is 0 Å². The lowest BCUT2D eigenvalue weighted by Crippen LogP contribution is -2.43. The van der Waals surface area contributed by atoms with Gasteiger partial charge in [-0.05, 0) is 27.7 Å². The average Bonchev–Trinajstić information content (AvgIpc) is 2.73. The van der Waals surface area contributed by atoms with Crippen LogP contribution in [0.1, 0.15) is 40.4 Å². The predicted octanol–water partition coefficient (Wildman–Crippen LogP) is 2.42. The molecule has 1 aromatic heterocycles. The Bertz CT molecular complexity index is 389. The molecule has 0 aliphatic rings. The fraction of sp³-hybridized carbons (Fsp3) is 0.714. The molecule has 0 aromatic carbocycles. The number of rotatable bonds is 6. The summed E-state index contributed by atoms with van der Waals surface area (Å²) in [5, 5.41) is 7.75. The van der Waals surface area contributed by atoms with Crippen molar-refractivity contribution in [1.82, 2.24) is 20.1 Å². The van der Waals surface area contributed by atoms with E-state index in [1.807, 2.05) is 10.8 Å². The Balaban J connectivity index is 2.73. The van der Waals surface area contributed by atoms with Crippen LogP contribution in [0.2, 0.25) is 0 Å². The molecule has 0 spiro atoms. The number of nitrogens with zero attached hydrogens (tertiary/aromatic N) is 3. The largest absolute Gasteiger partial charge is 0.311 e. The van der Waals surface area contributed by atoms with Crippen molar-refractivity contribution in [1.29, 1.82) is 0 Å². The zero-order valence-electron chi connectivity index (χ0n) is 12.3. The minimum absolute atomic E-state index is 0.00671. The van der Waals surface area contributed by atoms with Crippen LogP contribution < -0.4 is 5.32 Å². The number of nitrogens with one attached hydrogen (secondary N) is 1. The summed E-state index contributed by atoms with van der Waals surface area (Å²) in [5.41, 5.74) is 0.107. The van der Waals surface area contributed by atoms with E-state index in [4.69, 9.17) is 0 Å². The van der Waals surface area contributed by atoms with Crippen LogP contribution in [0.15, 0.2) is 19.0 Å². The maximum Gasteiger partial charge on any atom is 0.138 e. The summed E-state index contributed by atoms with van der Waals surface area (Å²) < 4.78 is 1.94. The van der Waals surface area contributed by atoms with Crippen molar-refractivity contribution < 1.29 is 0 Å². The zero-order valence-corrected chi connectivity index (χ0v) is 12.3. The molecule has 102 valence electrons. The van der Waals surface area contributed by atoms with Crippen molar-refractivity contribution in [3.05, 3.63) is 24.8 Å². The van der Waals surface area contributed by atoms with Crippen LogP contribution in [0, 0.1) is 5.41 Å². The minimum Gasteiger partial charge on any atom is -0.311 e. The van der Waals surface area contributed by atoms with E-state index in [1.54, 1.807) is 6.33 Å². The second-order valence-corrected chi connectivity index (χ2v) is 6.13. The highest BCUT2D eigenvalue weighted by atomic mass is 15.3. The lowest BCUT2D eigenvalue weighted by atomic mass is 9.85. The molecule has 1 atom stereocenters. The summed E-state index contributed by atoms with van der Waals surface area (Å²) in [4.78, 5) is 4.34. The second kappa shape index (κ2) is 5.65. The molecule has 0 bridgehead atoms. The molecule has 1 unspecified atom stereocenters. The molecule has 18 heavy (non-hydrogen) atoms. The monoisotopic (exact) mass is 250 g/mol. The fourth-order valence-electron chi connectivity index (χ4n) is 1.72. The lowest BCUT2D eigenvalue weighted by Gasteiger charge is -2.31. The first-order valence-electron chi connectivity index (χ1n) is 6.55. The van der Waals surface area contributed by atoms with Crippen LogP contribution in [-0.2, 0) is 13.0 Å². The van der Waals surface area contributed by atoms with Crippen molar-refractivity contribution in [3.63, 3.8) is 0 Å². The van der Waals surface area contributed by atoms with E-state index in [9.17, 15) is 0 Å². The van der Waals surface area contributed by atoms with Crippen LogP contribution in [-0.4, -0.2) is 26.8 Å². The van der Waals surface area contributed by atoms with Gasteiger partial charge >= 0.3 is 0 Å². The van der Waals surface area contributed by atoms with Crippen LogP contribution in [0.4, 0.5) is 0 Å². The van der Waals surface area contributed by atoms with Gasteiger partial charge in [0.1, 0.15) is 12.2 Å². The van der Waals surface area contributed by atoms with E-state index >= 15 is 0 Å². The quantitative estimate of drug-likeness (QED) is 0.788. The van der Waals surface area contributed by atoms with Gasteiger partial charge in [-0.15, -0.1) is 6.58 Å². The van der Waals surface area contributed by atoms with Gasteiger partial charge in [0.05, 0.1) is 0 Å². The molecule has 0 amide bonds. The van der Waals surface area contributed by atoms with Crippen molar-refractivity contribution in [2.75, 3.05) is 6.54 Å². The van der Waals surface area contributed by atoms with Crippen LogP contribution in [0.5, 0.6) is 0 Å². The third kappa shape index (κ3) is 4.26. The molecule has 0 saturated heterocycles. The third-order valence-electron chi connectivity index (χ3n) is 3.07. The van der Waals surface area contributed by atoms with Gasteiger partial charge in [-0.25, -0.2) is 4.98 Å². The summed E-state index contributed by atoms with van der Waals surface area (Å²) in [5.74, 6) is 1.02. The van der Waals surface area contributed by atoms with Gasteiger partial charge in [0.15, 0.2) is 0 Å². The number of aromatic nitrogens is 3. The Hall–Kier alpha value is -1.16. The summed E-state index contributed by atoms with van der Waals surface area (Å²) in [6.45, 7) is 16.5. The number of aryl methyl sites for hydroxylation is 1. The van der Waals surface area contributed by atoms with Crippen LogP contribution >= 0.6 is 0 Å². The summed E-state index contributed by atoms with van der Waals surface area (Å²) in [6, 6.07) is 0. The Morgan fingerprint density at radius 3 is 2.56 bits per heavy atom. The Labute approximate surface area is 110 Å². The zero-order chi connectivity index (χ0) is 13.8. The maximum absolute atomic E-state index is 4.34. The van der Waals surface area contributed by atoms with Crippen molar-refractivity contribution in [2.24, 2.45) is 5.41 Å². The van der Waals surface area contributed by atoms with E-state index in [0.717, 1.165) is 25.3 Å². The first-order chi connectivity index (χ1) is 8.29. The SMILES string of the molecule is C=CC(C)(CNC(C)(C)C)Cc1ncnn1CC. The Morgan fingerprint density at radius 2 is 2.06 bits per heavy atom. The van der Waals surface area contributed by atoms with Crippen LogP contribution in [0.25, 0.3) is 0 Å². The van der Waals surface area contributed by atoms with Gasteiger partial charge in [0.25, 0.3) is 0 Å². The molecule has 0 aliphatic heterocycles. The first-order valence-corrected chi connectivity index (χ1v) is 6.55. The molecule has 0 aliphatic carbocycles. The van der Waals surface area contributed by atoms with E-state index in [2.05, 4.69) is 56.6 Å². The fourth-order valence-corrected chi connectivity index (χ4v) is 1.72. The molecule has 1 aromatic rings. The molecule has 0 fully saturated rings. The van der Waals surface area contributed by atoms with Gasteiger partial charge in [-0.2, -0.15) is 5.10 Å². The van der Waals surface area contributed by atoms with E-state index in [1.165, 1.54) is 0 Å². The molecule has 0 radical (unpaired) electrons. The number of hydrogen-bond donors (Lipinski definition) is 1. The lowest BCUT2D eigenvalue weighted by molar-refractivity contribution is 0.315. The third-order valence-corrected chi connectivity index (χ3v) is 3.07. The summed E-state index contributed by atoms with van der Waals surface area (Å²) >= 11 is 0. The molecule has 4 nitrogen and oxygen atoms in total. The Kier molecular flexibility index (Phi) is 4.68. The number of hydrogen-bond acceptors (Lipinski definition) is 3. The molecule has 4 heteroatoms. The highest BCUT2D eigenvalue weighted by Gasteiger charge is 2.25.